The predicted octanol–water partition coefficient (Wildman–Crippen LogP) is 6.29. The van der Waals surface area contributed by atoms with Gasteiger partial charge in [-0.25, -0.2) is 9.59 Å². The molecule has 1 aliphatic carbocycles. The molecule has 0 saturated carbocycles. The van der Waals surface area contributed by atoms with Gasteiger partial charge in [0.05, 0.1) is 15.5 Å². The van der Waals surface area contributed by atoms with Crippen LogP contribution >= 0.6 is 23.2 Å². The molecule has 4 aromatic carbocycles. The molecule has 2 atom stereocenters. The standard InChI is InChI=1S/C37H32Cl2O8/c1-3-35(42)46-21-25(40)19-44-33-15-13-23(17-31(33)38)37(29-11-7-5-9-27(29)28-10-6-8-12-30(28)37)24-14-16-34(32(39)18-24)45-20-26(41)22-47-36(43)4-2/h3-18,25-26,40-41H,1-2,19-22H2. The van der Waals surface area contributed by atoms with Crippen molar-refractivity contribution in [3.8, 4) is 22.6 Å². The average molecular weight is 676 g/mol. The second kappa shape index (κ2) is 14.9. The van der Waals surface area contributed by atoms with Crippen LogP contribution in [0.5, 0.6) is 11.5 Å². The van der Waals surface area contributed by atoms with Crippen LogP contribution in [0.4, 0.5) is 0 Å². The summed E-state index contributed by atoms with van der Waals surface area (Å²) in [7, 11) is 0. The molecular formula is C37H32Cl2O8. The summed E-state index contributed by atoms with van der Waals surface area (Å²) in [6.45, 7) is 5.87. The third-order valence-electron chi connectivity index (χ3n) is 7.71. The maximum absolute atomic E-state index is 11.3. The number of esters is 2. The highest BCUT2D eigenvalue weighted by Crippen LogP contribution is 2.57. The van der Waals surface area contributed by atoms with Gasteiger partial charge in [-0.05, 0) is 57.6 Å². The summed E-state index contributed by atoms with van der Waals surface area (Å²) in [6, 6.07) is 27.3. The average Bonchev–Trinajstić information content (AvgIpc) is 3.39. The van der Waals surface area contributed by atoms with Crippen molar-refractivity contribution >= 4 is 35.1 Å². The first-order valence-electron chi connectivity index (χ1n) is 14.7. The van der Waals surface area contributed by atoms with E-state index in [2.05, 4.69) is 37.4 Å². The van der Waals surface area contributed by atoms with Crippen LogP contribution in [0.2, 0.25) is 10.0 Å². The molecule has 2 N–H and O–H groups in total. The van der Waals surface area contributed by atoms with Crippen molar-refractivity contribution in [2.75, 3.05) is 26.4 Å². The number of fused-ring (bicyclic) bond motifs is 3. The van der Waals surface area contributed by atoms with E-state index in [4.69, 9.17) is 42.1 Å². The maximum Gasteiger partial charge on any atom is 0.330 e. The Hall–Kier alpha value is -4.60. The Balaban J connectivity index is 1.50. The Morgan fingerprint density at radius 2 is 1.06 bits per heavy atom. The molecule has 8 nitrogen and oxygen atoms in total. The fraction of sp³-hybridized carbons (Fsp3) is 0.189. The molecule has 242 valence electrons. The fourth-order valence-electron chi connectivity index (χ4n) is 5.67. The number of aliphatic hydroxyl groups excluding tert-OH is 2. The number of carbonyl (C=O) groups is 2. The summed E-state index contributed by atoms with van der Waals surface area (Å²) < 4.78 is 21.3. The Kier molecular flexibility index (Phi) is 10.7. The molecule has 1 aliphatic rings. The molecule has 0 aliphatic heterocycles. The van der Waals surface area contributed by atoms with Gasteiger partial charge < -0.3 is 29.2 Å². The molecule has 47 heavy (non-hydrogen) atoms. The first kappa shape index (κ1) is 33.8. The zero-order valence-electron chi connectivity index (χ0n) is 25.2. The predicted molar refractivity (Wildman–Crippen MR) is 179 cm³/mol. The zero-order chi connectivity index (χ0) is 33.6. The Bertz CT molecular complexity index is 1670. The third-order valence-corrected chi connectivity index (χ3v) is 8.30. The van der Waals surface area contributed by atoms with Crippen LogP contribution in [0.15, 0.2) is 110 Å². The molecule has 0 amide bonds. The minimum atomic E-state index is -1.07. The minimum absolute atomic E-state index is 0.150. The minimum Gasteiger partial charge on any atom is -0.489 e. The topological polar surface area (TPSA) is 112 Å². The zero-order valence-corrected chi connectivity index (χ0v) is 26.7. The summed E-state index contributed by atoms with van der Waals surface area (Å²) in [5.41, 5.74) is 5.02. The van der Waals surface area contributed by atoms with Crippen molar-refractivity contribution in [2.45, 2.75) is 17.6 Å². The van der Waals surface area contributed by atoms with Gasteiger partial charge >= 0.3 is 11.9 Å². The molecule has 5 rings (SSSR count). The van der Waals surface area contributed by atoms with Crippen molar-refractivity contribution < 1.29 is 38.7 Å². The maximum atomic E-state index is 11.3. The van der Waals surface area contributed by atoms with Gasteiger partial charge in [0.1, 0.15) is 50.1 Å². The first-order valence-corrected chi connectivity index (χ1v) is 15.4. The molecule has 0 aromatic heterocycles. The van der Waals surface area contributed by atoms with Crippen LogP contribution in [-0.4, -0.2) is 60.8 Å². The Morgan fingerprint density at radius 1 is 0.660 bits per heavy atom. The normalized spacial score (nSPS) is 13.8. The number of halogens is 2. The number of aliphatic hydroxyl groups is 2. The summed E-state index contributed by atoms with van der Waals surface area (Å²) >= 11 is 13.6. The number of rotatable bonds is 14. The lowest BCUT2D eigenvalue weighted by molar-refractivity contribution is -0.142. The lowest BCUT2D eigenvalue weighted by atomic mass is 9.67. The molecule has 2 unspecified atom stereocenters. The monoisotopic (exact) mass is 674 g/mol. The van der Waals surface area contributed by atoms with E-state index in [-0.39, 0.29) is 26.4 Å². The van der Waals surface area contributed by atoms with Gasteiger partial charge in [0.25, 0.3) is 0 Å². The Morgan fingerprint density at radius 3 is 1.45 bits per heavy atom. The highest BCUT2D eigenvalue weighted by molar-refractivity contribution is 6.32. The van der Waals surface area contributed by atoms with Crippen molar-refractivity contribution in [3.05, 3.63) is 143 Å². The van der Waals surface area contributed by atoms with Gasteiger partial charge in [-0.15, -0.1) is 0 Å². The number of carbonyl (C=O) groups excluding carboxylic acids is 2. The molecular weight excluding hydrogens is 643 g/mol. The van der Waals surface area contributed by atoms with Crippen LogP contribution in [0.25, 0.3) is 11.1 Å². The Labute approximate surface area is 282 Å². The van der Waals surface area contributed by atoms with E-state index in [1.54, 1.807) is 12.1 Å². The van der Waals surface area contributed by atoms with E-state index in [0.717, 1.165) is 45.5 Å². The summed E-state index contributed by atoms with van der Waals surface area (Å²) in [4.78, 5) is 22.7. The van der Waals surface area contributed by atoms with E-state index < -0.39 is 29.6 Å². The van der Waals surface area contributed by atoms with Crippen LogP contribution < -0.4 is 9.47 Å². The first-order chi connectivity index (χ1) is 22.7. The van der Waals surface area contributed by atoms with E-state index in [9.17, 15) is 19.8 Å². The summed E-state index contributed by atoms with van der Waals surface area (Å²) in [5, 5.41) is 21.1. The van der Waals surface area contributed by atoms with E-state index in [0.29, 0.717) is 21.5 Å². The molecule has 0 spiro atoms. The molecule has 0 saturated heterocycles. The van der Waals surface area contributed by atoms with Gasteiger partial charge in [0.15, 0.2) is 0 Å². The van der Waals surface area contributed by atoms with E-state index in [1.165, 1.54) is 0 Å². The SMILES string of the molecule is C=CC(=O)OCC(O)COc1ccc(C2(c3ccc(OCC(O)COC(=O)C=C)c(Cl)c3)c3ccccc3-c3ccccc32)cc1Cl. The summed E-state index contributed by atoms with van der Waals surface area (Å²) in [5.74, 6) is -0.591. The highest BCUT2D eigenvalue weighted by Gasteiger charge is 2.46. The third kappa shape index (κ3) is 7.06. The number of benzene rings is 4. The number of hydrogen-bond donors (Lipinski definition) is 2. The van der Waals surface area contributed by atoms with Gasteiger partial charge in [0, 0.05) is 12.2 Å². The van der Waals surface area contributed by atoms with Gasteiger partial charge in [-0.3, -0.25) is 0 Å². The number of ether oxygens (including phenoxy) is 4. The number of hydrogen-bond acceptors (Lipinski definition) is 8. The van der Waals surface area contributed by atoms with Crippen molar-refractivity contribution in [1.82, 2.24) is 0 Å². The van der Waals surface area contributed by atoms with Crippen molar-refractivity contribution in [2.24, 2.45) is 0 Å². The molecule has 0 bridgehead atoms. The lowest BCUT2D eigenvalue weighted by Gasteiger charge is -2.34. The lowest BCUT2D eigenvalue weighted by Crippen LogP contribution is -2.29. The van der Waals surface area contributed by atoms with Crippen LogP contribution in [0.1, 0.15) is 22.3 Å². The second-order valence-corrected chi connectivity index (χ2v) is 11.5. The van der Waals surface area contributed by atoms with Crippen molar-refractivity contribution in [3.63, 3.8) is 0 Å². The van der Waals surface area contributed by atoms with E-state index in [1.807, 2.05) is 48.5 Å². The van der Waals surface area contributed by atoms with Gasteiger partial charge in [0.2, 0.25) is 0 Å². The quantitative estimate of drug-likeness (QED) is 0.104. The fourth-order valence-corrected chi connectivity index (χ4v) is 6.14. The smallest absolute Gasteiger partial charge is 0.330 e. The molecule has 4 aromatic rings. The molecule has 0 fully saturated rings. The van der Waals surface area contributed by atoms with Crippen LogP contribution in [-0.2, 0) is 24.5 Å². The molecule has 0 radical (unpaired) electrons. The van der Waals surface area contributed by atoms with Crippen LogP contribution in [0.3, 0.4) is 0 Å². The molecule has 0 heterocycles. The second-order valence-electron chi connectivity index (χ2n) is 10.7. The van der Waals surface area contributed by atoms with Gasteiger partial charge in [-0.2, -0.15) is 0 Å². The largest absolute Gasteiger partial charge is 0.489 e. The summed E-state index contributed by atoms with van der Waals surface area (Å²) in [6.07, 6.45) is -0.104. The van der Waals surface area contributed by atoms with Gasteiger partial charge in [-0.1, -0.05) is 97.0 Å². The van der Waals surface area contributed by atoms with E-state index >= 15 is 0 Å². The highest BCUT2D eigenvalue weighted by atomic mass is 35.5. The molecule has 10 heteroatoms. The van der Waals surface area contributed by atoms with Crippen molar-refractivity contribution in [1.29, 1.82) is 0 Å². The van der Waals surface area contributed by atoms with Crippen LogP contribution in [0, 0.1) is 0 Å².